The molecule has 2 aromatic carbocycles. The van der Waals surface area contributed by atoms with Gasteiger partial charge in [0, 0.05) is 39.9 Å². The van der Waals surface area contributed by atoms with E-state index < -0.39 is 11.8 Å². The fraction of sp³-hybridized carbons (Fsp3) is 0.357. The summed E-state index contributed by atoms with van der Waals surface area (Å²) in [5.41, 5.74) is 2.38. The zero-order valence-electron chi connectivity index (χ0n) is 22.1. The number of ether oxygens (including phenoxy) is 7. The molecule has 0 radical (unpaired) electrons. The van der Waals surface area contributed by atoms with Crippen molar-refractivity contribution in [3.05, 3.63) is 64.7 Å². The summed E-state index contributed by atoms with van der Waals surface area (Å²) in [5, 5.41) is 0. The molecule has 0 saturated heterocycles. The number of hydrogen-bond donors (Lipinski definition) is 0. The predicted molar refractivity (Wildman–Crippen MR) is 138 cm³/mol. The molecule has 0 heterocycles. The minimum atomic E-state index is -0.593. The number of benzene rings is 2. The van der Waals surface area contributed by atoms with Crippen molar-refractivity contribution in [3.63, 3.8) is 0 Å². The van der Waals surface area contributed by atoms with Gasteiger partial charge in [0.1, 0.15) is 22.8 Å². The lowest BCUT2D eigenvalue weighted by Crippen LogP contribution is -2.14. The normalized spacial score (nSPS) is 10.8. The molecular weight excluding hydrogens is 480 g/mol. The lowest BCUT2D eigenvalue weighted by atomic mass is 9.98. The molecule has 0 fully saturated rings. The van der Waals surface area contributed by atoms with Crippen molar-refractivity contribution < 1.29 is 42.7 Å². The molecule has 0 atom stereocenters. The van der Waals surface area contributed by atoms with E-state index in [0.717, 1.165) is 11.1 Å². The third-order valence-electron chi connectivity index (χ3n) is 4.83. The van der Waals surface area contributed by atoms with E-state index in [1.54, 1.807) is 43.5 Å². The van der Waals surface area contributed by atoms with Crippen molar-refractivity contribution in [1.29, 1.82) is 0 Å². The Balaban J connectivity index is 2.59. The molecule has 2 aromatic rings. The maximum Gasteiger partial charge on any atom is 0.308 e. The van der Waals surface area contributed by atoms with Crippen molar-refractivity contribution in [3.8, 4) is 23.0 Å². The molecule has 0 spiro atoms. The second-order valence-corrected chi connectivity index (χ2v) is 8.05. The zero-order valence-corrected chi connectivity index (χ0v) is 22.1. The van der Waals surface area contributed by atoms with E-state index in [9.17, 15) is 9.59 Å². The topological polar surface area (TPSA) is 98.8 Å². The van der Waals surface area contributed by atoms with Crippen LogP contribution >= 0.6 is 0 Å². The van der Waals surface area contributed by atoms with Gasteiger partial charge in [-0.2, -0.15) is 0 Å². The first-order valence-corrected chi connectivity index (χ1v) is 11.5. The molecular formula is C28H34O9. The van der Waals surface area contributed by atoms with Gasteiger partial charge < -0.3 is 33.2 Å². The van der Waals surface area contributed by atoms with Gasteiger partial charge in [0.05, 0.1) is 0 Å². The largest absolute Gasteiger partial charge is 0.468 e. The zero-order chi connectivity index (χ0) is 27.2. The summed E-state index contributed by atoms with van der Waals surface area (Å²) in [5.74, 6) is 0.163. The summed E-state index contributed by atoms with van der Waals surface area (Å²) < 4.78 is 37.4. The lowest BCUT2D eigenvalue weighted by molar-refractivity contribution is -0.131. The first-order chi connectivity index (χ1) is 17.8. The number of rotatable bonds is 15. The smallest absolute Gasteiger partial charge is 0.308 e. The standard InChI is InChI=1S/C28H34O9/c1-19(2)7-13-23-25(35-17-32-5)15-26(36-18-33-6)27(28(23)37-20(3)29)24(30)14-10-21-8-11-22(12-9-21)34-16-31-4/h7-12,14-15H,13,16-18H2,1-6H3. The third-order valence-corrected chi connectivity index (χ3v) is 4.83. The van der Waals surface area contributed by atoms with Crippen LogP contribution < -0.4 is 18.9 Å². The molecule has 0 unspecified atom stereocenters. The van der Waals surface area contributed by atoms with Crippen LogP contribution in [0.3, 0.4) is 0 Å². The second-order valence-electron chi connectivity index (χ2n) is 8.05. The molecule has 0 amide bonds. The summed E-state index contributed by atoms with van der Waals surface area (Å²) in [6, 6.07) is 8.69. The van der Waals surface area contributed by atoms with Crippen LogP contribution in [-0.2, 0) is 25.4 Å². The van der Waals surface area contributed by atoms with Crippen molar-refractivity contribution in [2.45, 2.75) is 27.2 Å². The Morgan fingerprint density at radius 1 is 0.811 bits per heavy atom. The number of allylic oxidation sites excluding steroid dienone is 3. The third kappa shape index (κ3) is 9.38. The highest BCUT2D eigenvalue weighted by molar-refractivity contribution is 6.11. The number of esters is 1. The van der Waals surface area contributed by atoms with Gasteiger partial charge in [0.15, 0.2) is 31.9 Å². The van der Waals surface area contributed by atoms with E-state index in [4.69, 9.17) is 33.2 Å². The van der Waals surface area contributed by atoms with Crippen molar-refractivity contribution in [2.24, 2.45) is 0 Å². The van der Waals surface area contributed by atoms with Gasteiger partial charge in [-0.05, 0) is 44.0 Å². The number of carbonyl (C=O) groups is 2. The van der Waals surface area contributed by atoms with Crippen molar-refractivity contribution in [2.75, 3.05) is 41.7 Å². The maximum atomic E-state index is 13.5. The number of ketones is 1. The van der Waals surface area contributed by atoms with Gasteiger partial charge in [-0.15, -0.1) is 0 Å². The summed E-state index contributed by atoms with van der Waals surface area (Å²) in [4.78, 5) is 25.6. The molecule has 0 aromatic heterocycles. The molecule has 0 aliphatic heterocycles. The van der Waals surface area contributed by atoms with E-state index in [0.29, 0.717) is 23.5 Å². The molecule has 9 heteroatoms. The fourth-order valence-corrected chi connectivity index (χ4v) is 3.19. The summed E-state index contributed by atoms with van der Waals surface area (Å²) in [7, 11) is 4.49. The Bertz CT molecular complexity index is 1100. The van der Waals surface area contributed by atoms with Crippen LogP contribution in [0.15, 0.2) is 48.1 Å². The Morgan fingerprint density at radius 2 is 1.41 bits per heavy atom. The van der Waals surface area contributed by atoms with Gasteiger partial charge >= 0.3 is 5.97 Å². The Hall–Kier alpha value is -3.66. The molecule has 0 bridgehead atoms. The lowest BCUT2D eigenvalue weighted by Gasteiger charge is -2.20. The van der Waals surface area contributed by atoms with E-state index in [2.05, 4.69) is 0 Å². The van der Waals surface area contributed by atoms with E-state index in [-0.39, 0.29) is 37.4 Å². The molecule has 200 valence electrons. The minimum absolute atomic E-state index is 0.0532. The fourth-order valence-electron chi connectivity index (χ4n) is 3.19. The van der Waals surface area contributed by atoms with Crippen LogP contribution in [-0.4, -0.2) is 53.5 Å². The van der Waals surface area contributed by atoms with Gasteiger partial charge in [-0.1, -0.05) is 29.9 Å². The summed E-state index contributed by atoms with van der Waals surface area (Å²) in [6.45, 7) is 5.09. The van der Waals surface area contributed by atoms with Crippen molar-refractivity contribution in [1.82, 2.24) is 0 Å². The summed E-state index contributed by atoms with van der Waals surface area (Å²) in [6.07, 6.45) is 5.31. The van der Waals surface area contributed by atoms with E-state index in [1.165, 1.54) is 27.2 Å². The highest BCUT2D eigenvalue weighted by Crippen LogP contribution is 2.41. The highest BCUT2D eigenvalue weighted by Gasteiger charge is 2.26. The van der Waals surface area contributed by atoms with Crippen LogP contribution in [0.2, 0.25) is 0 Å². The predicted octanol–water partition coefficient (Wildman–Crippen LogP) is 4.96. The molecule has 9 nitrogen and oxygen atoms in total. The van der Waals surface area contributed by atoms with Gasteiger partial charge in [0.2, 0.25) is 0 Å². The first kappa shape index (κ1) is 29.6. The quantitative estimate of drug-likeness (QED) is 0.0815. The Labute approximate surface area is 217 Å². The molecule has 0 N–H and O–H groups in total. The van der Waals surface area contributed by atoms with E-state index in [1.807, 2.05) is 19.9 Å². The van der Waals surface area contributed by atoms with E-state index >= 15 is 0 Å². The minimum Gasteiger partial charge on any atom is -0.468 e. The first-order valence-electron chi connectivity index (χ1n) is 11.5. The highest BCUT2D eigenvalue weighted by atomic mass is 16.7. The summed E-state index contributed by atoms with van der Waals surface area (Å²) >= 11 is 0. The van der Waals surface area contributed by atoms with Crippen molar-refractivity contribution >= 4 is 17.8 Å². The van der Waals surface area contributed by atoms with Crippen LogP contribution in [0.25, 0.3) is 6.08 Å². The number of methoxy groups -OCH3 is 3. The van der Waals surface area contributed by atoms with Gasteiger partial charge in [-0.25, -0.2) is 0 Å². The van der Waals surface area contributed by atoms with Gasteiger partial charge in [-0.3, -0.25) is 9.59 Å². The SMILES string of the molecule is COCOc1ccc(C=CC(=O)c2c(OCOC)cc(OCOC)c(CC=C(C)C)c2OC(C)=O)cc1. The van der Waals surface area contributed by atoms with Gasteiger partial charge in [0.25, 0.3) is 0 Å². The maximum absolute atomic E-state index is 13.5. The number of hydrogen-bond acceptors (Lipinski definition) is 9. The molecule has 0 saturated carbocycles. The van der Waals surface area contributed by atoms with Crippen LogP contribution in [0.4, 0.5) is 0 Å². The second kappa shape index (κ2) is 15.5. The molecule has 0 aliphatic carbocycles. The van der Waals surface area contributed by atoms with Crippen LogP contribution in [0.5, 0.6) is 23.0 Å². The average molecular weight is 515 g/mol. The molecule has 0 aliphatic rings. The van der Waals surface area contributed by atoms with Crippen LogP contribution in [0, 0.1) is 0 Å². The van der Waals surface area contributed by atoms with Crippen LogP contribution in [0.1, 0.15) is 42.3 Å². The molecule has 37 heavy (non-hydrogen) atoms. The average Bonchev–Trinajstić information content (AvgIpc) is 2.87. The Kier molecular flexibility index (Phi) is 12.3. The monoisotopic (exact) mass is 514 g/mol. The number of carbonyl (C=O) groups excluding carboxylic acids is 2. The Morgan fingerprint density at radius 3 is 1.97 bits per heavy atom. The molecule has 2 rings (SSSR count).